The fourth-order valence-electron chi connectivity index (χ4n) is 0.762. The monoisotopic (exact) mass is 173 g/mol. The largest absolute Gasteiger partial charge is 0.494 e. The molecule has 1 aromatic carbocycles. The molecule has 0 bridgehead atoms. The number of rotatable bonds is 2. The van der Waals surface area contributed by atoms with Gasteiger partial charge in [-0.1, -0.05) is 0 Å². The molecule has 0 aliphatic heterocycles. The van der Waals surface area contributed by atoms with Crippen LogP contribution in [0.2, 0.25) is 0 Å². The normalized spacial score (nSPS) is 9.67. The Morgan fingerprint density at radius 2 is 1.50 bits per heavy atom. The quantitative estimate of drug-likeness (QED) is 0.678. The summed E-state index contributed by atoms with van der Waals surface area (Å²) in [4.78, 5) is 0. The van der Waals surface area contributed by atoms with Crippen molar-refractivity contribution < 1.29 is 18.3 Å². The number of benzene rings is 1. The second-order valence-corrected chi connectivity index (χ2v) is 2.03. The third-order valence-electron chi connectivity index (χ3n) is 1.35. The molecule has 0 aliphatic rings. The second-order valence-electron chi connectivity index (χ2n) is 2.03. The maximum Gasteiger partial charge on any atom is 0.176 e. The van der Waals surface area contributed by atoms with Crippen LogP contribution in [0.4, 0.5) is 8.78 Å². The van der Waals surface area contributed by atoms with E-state index in [0.29, 0.717) is 0 Å². The number of methoxy groups -OCH3 is 2. The van der Waals surface area contributed by atoms with Gasteiger partial charge >= 0.3 is 0 Å². The van der Waals surface area contributed by atoms with E-state index in [1.165, 1.54) is 14.2 Å². The molecule has 0 saturated heterocycles. The molecule has 0 fully saturated rings. The number of hydrogen-bond acceptors (Lipinski definition) is 2. The standard InChI is InChI=1S/C8H7F2O2/c1-11-7-4-8(12-2)6(10)3-5(7)9/h4H,1-2H3. The molecule has 1 aromatic rings. The van der Waals surface area contributed by atoms with Crippen LogP contribution in [0, 0.1) is 17.7 Å². The summed E-state index contributed by atoms with van der Waals surface area (Å²) in [7, 11) is 2.56. The Balaban J connectivity index is 3.18. The highest BCUT2D eigenvalue weighted by molar-refractivity contribution is 5.34. The van der Waals surface area contributed by atoms with Crippen molar-refractivity contribution in [2.75, 3.05) is 14.2 Å². The molecule has 0 amide bonds. The van der Waals surface area contributed by atoms with Gasteiger partial charge in [0.2, 0.25) is 0 Å². The van der Waals surface area contributed by atoms with Crippen LogP contribution in [-0.2, 0) is 0 Å². The molecule has 12 heavy (non-hydrogen) atoms. The maximum absolute atomic E-state index is 12.7. The highest BCUT2D eigenvalue weighted by Crippen LogP contribution is 2.25. The van der Waals surface area contributed by atoms with Crippen molar-refractivity contribution in [2.45, 2.75) is 0 Å². The van der Waals surface area contributed by atoms with E-state index < -0.39 is 11.6 Å². The molecule has 1 rings (SSSR count). The Kier molecular flexibility index (Phi) is 2.47. The lowest BCUT2D eigenvalue weighted by atomic mass is 10.3. The lowest BCUT2D eigenvalue weighted by Crippen LogP contribution is -1.94. The molecule has 0 unspecified atom stereocenters. The molecular weight excluding hydrogens is 166 g/mol. The first-order valence-corrected chi connectivity index (χ1v) is 3.18. The predicted octanol–water partition coefficient (Wildman–Crippen LogP) is 1.78. The van der Waals surface area contributed by atoms with E-state index in [9.17, 15) is 8.78 Å². The van der Waals surface area contributed by atoms with Gasteiger partial charge in [-0.15, -0.1) is 0 Å². The Morgan fingerprint density at radius 1 is 1.08 bits per heavy atom. The lowest BCUT2D eigenvalue weighted by Gasteiger charge is -2.04. The van der Waals surface area contributed by atoms with Crippen molar-refractivity contribution in [1.82, 2.24) is 0 Å². The summed E-state index contributed by atoms with van der Waals surface area (Å²) in [5.74, 6) is -1.91. The van der Waals surface area contributed by atoms with Crippen molar-refractivity contribution in [1.29, 1.82) is 0 Å². The third kappa shape index (κ3) is 1.47. The molecule has 0 aromatic heterocycles. The van der Waals surface area contributed by atoms with Crippen LogP contribution in [0.5, 0.6) is 11.5 Å². The Labute approximate surface area is 68.7 Å². The lowest BCUT2D eigenvalue weighted by molar-refractivity contribution is 0.357. The fourth-order valence-corrected chi connectivity index (χ4v) is 0.762. The zero-order valence-corrected chi connectivity index (χ0v) is 6.65. The van der Waals surface area contributed by atoms with Crippen molar-refractivity contribution in [3.8, 4) is 11.5 Å². The van der Waals surface area contributed by atoms with Crippen LogP contribution in [-0.4, -0.2) is 14.2 Å². The molecule has 0 heterocycles. The van der Waals surface area contributed by atoms with Crippen molar-refractivity contribution in [2.24, 2.45) is 0 Å². The maximum atomic E-state index is 12.7. The minimum Gasteiger partial charge on any atom is -0.494 e. The van der Waals surface area contributed by atoms with Crippen molar-refractivity contribution in [3.63, 3.8) is 0 Å². The van der Waals surface area contributed by atoms with Gasteiger partial charge in [0.05, 0.1) is 20.3 Å². The molecule has 1 radical (unpaired) electrons. The molecule has 65 valence electrons. The SMILES string of the molecule is COc1cc(OC)c(F)[c]c1F. The molecule has 4 heteroatoms. The van der Waals surface area contributed by atoms with Gasteiger partial charge in [-0.3, -0.25) is 0 Å². The first kappa shape index (κ1) is 8.77. The van der Waals surface area contributed by atoms with Gasteiger partial charge < -0.3 is 9.47 Å². The first-order chi connectivity index (χ1) is 5.69. The fraction of sp³-hybridized carbons (Fsp3) is 0.250. The predicted molar refractivity (Wildman–Crippen MR) is 38.3 cm³/mol. The smallest absolute Gasteiger partial charge is 0.176 e. The van der Waals surface area contributed by atoms with E-state index in [1.807, 2.05) is 6.07 Å². The van der Waals surface area contributed by atoms with Crippen LogP contribution in [0.25, 0.3) is 0 Å². The van der Waals surface area contributed by atoms with Gasteiger partial charge in [0, 0.05) is 6.07 Å². The highest BCUT2D eigenvalue weighted by atomic mass is 19.1. The van der Waals surface area contributed by atoms with Crippen LogP contribution < -0.4 is 9.47 Å². The van der Waals surface area contributed by atoms with Crippen molar-refractivity contribution >= 4 is 0 Å². The average molecular weight is 173 g/mol. The molecule has 0 aliphatic carbocycles. The molecule has 0 saturated carbocycles. The summed E-state index contributed by atoms with van der Waals surface area (Å²) >= 11 is 0. The van der Waals surface area contributed by atoms with Gasteiger partial charge in [0.25, 0.3) is 0 Å². The molecule has 2 nitrogen and oxygen atoms in total. The van der Waals surface area contributed by atoms with Crippen molar-refractivity contribution in [3.05, 3.63) is 23.8 Å². The number of ether oxygens (including phenoxy) is 2. The van der Waals surface area contributed by atoms with Crippen LogP contribution >= 0.6 is 0 Å². The first-order valence-electron chi connectivity index (χ1n) is 3.18. The molecule has 0 spiro atoms. The summed E-state index contributed by atoms with van der Waals surface area (Å²) in [6.45, 7) is 0. The second kappa shape index (κ2) is 3.38. The highest BCUT2D eigenvalue weighted by Gasteiger charge is 2.10. The minimum atomic E-state index is -0.865. The third-order valence-corrected chi connectivity index (χ3v) is 1.35. The average Bonchev–Trinajstić information content (AvgIpc) is 2.05. The van der Waals surface area contributed by atoms with E-state index in [0.717, 1.165) is 6.07 Å². The molecule has 0 atom stereocenters. The number of halogens is 2. The van der Waals surface area contributed by atoms with E-state index in [1.54, 1.807) is 0 Å². The van der Waals surface area contributed by atoms with E-state index in [-0.39, 0.29) is 11.5 Å². The summed E-state index contributed by atoms with van der Waals surface area (Å²) in [6.07, 6.45) is 0. The van der Waals surface area contributed by atoms with Gasteiger partial charge in [-0.05, 0) is 0 Å². The van der Waals surface area contributed by atoms with Crippen LogP contribution in [0.1, 0.15) is 0 Å². The number of hydrogen-bond donors (Lipinski definition) is 0. The molecule has 0 N–H and O–H groups in total. The Hall–Kier alpha value is -1.32. The van der Waals surface area contributed by atoms with Gasteiger partial charge in [-0.25, -0.2) is 8.78 Å². The molecular formula is C8H7F2O2. The van der Waals surface area contributed by atoms with Gasteiger partial charge in [-0.2, -0.15) is 0 Å². The Morgan fingerprint density at radius 3 is 1.83 bits per heavy atom. The van der Waals surface area contributed by atoms with E-state index in [4.69, 9.17) is 0 Å². The van der Waals surface area contributed by atoms with Gasteiger partial charge in [0.1, 0.15) is 0 Å². The summed E-state index contributed by atoms with van der Waals surface area (Å²) in [6, 6.07) is 2.95. The summed E-state index contributed by atoms with van der Waals surface area (Å²) in [5, 5.41) is 0. The topological polar surface area (TPSA) is 18.5 Å². The zero-order chi connectivity index (χ0) is 9.14. The van der Waals surface area contributed by atoms with E-state index in [2.05, 4.69) is 9.47 Å². The van der Waals surface area contributed by atoms with Crippen LogP contribution in [0.3, 0.4) is 0 Å². The minimum absolute atomic E-state index is 0.0896. The van der Waals surface area contributed by atoms with E-state index >= 15 is 0 Å². The van der Waals surface area contributed by atoms with Crippen LogP contribution in [0.15, 0.2) is 6.07 Å². The zero-order valence-electron chi connectivity index (χ0n) is 6.65. The Bertz CT molecular complexity index is 261. The summed E-state index contributed by atoms with van der Waals surface area (Å²) < 4.78 is 34.6. The van der Waals surface area contributed by atoms with Gasteiger partial charge in [0.15, 0.2) is 23.1 Å². The summed E-state index contributed by atoms with van der Waals surface area (Å²) in [5.41, 5.74) is 0.